The van der Waals surface area contributed by atoms with E-state index < -0.39 is 0 Å². The molecule has 0 radical (unpaired) electrons. The minimum absolute atomic E-state index is 0.0764. The number of methoxy groups -OCH3 is 1. The lowest BCUT2D eigenvalue weighted by Crippen LogP contribution is -2.11. The Labute approximate surface area is 74.0 Å². The average Bonchev–Trinajstić information content (AvgIpc) is 2.57. The van der Waals surface area contributed by atoms with Gasteiger partial charge in [0, 0.05) is 33.4 Å². The molecule has 1 heterocycles. The maximum Gasteiger partial charge on any atom is 0.157 e. The second-order valence-corrected chi connectivity index (χ2v) is 3.01. The van der Waals surface area contributed by atoms with E-state index in [9.17, 15) is 0 Å². The van der Waals surface area contributed by atoms with Gasteiger partial charge in [0.25, 0.3) is 0 Å². The molecule has 0 aromatic rings. The van der Waals surface area contributed by atoms with Crippen molar-refractivity contribution in [3.63, 3.8) is 0 Å². The van der Waals surface area contributed by atoms with Crippen molar-refractivity contribution >= 4 is 0 Å². The molecule has 1 rings (SSSR count). The van der Waals surface area contributed by atoms with Crippen LogP contribution in [0.1, 0.15) is 25.7 Å². The van der Waals surface area contributed by atoms with Gasteiger partial charge in [0.15, 0.2) is 6.29 Å². The van der Waals surface area contributed by atoms with Gasteiger partial charge in [-0.05, 0) is 19.3 Å². The van der Waals surface area contributed by atoms with Crippen molar-refractivity contribution in [1.82, 2.24) is 0 Å². The lowest BCUT2D eigenvalue weighted by Gasteiger charge is -2.09. The summed E-state index contributed by atoms with van der Waals surface area (Å²) in [7, 11) is 1.72. The average molecular weight is 174 g/mol. The minimum Gasteiger partial charge on any atom is -0.385 e. The molecule has 0 saturated carbocycles. The standard InChI is InChI=1S/C9H18O3/c1-10-6-2-3-7-11-9-5-4-8-12-9/h9H,2-8H2,1H3. The first kappa shape index (κ1) is 9.96. The van der Waals surface area contributed by atoms with Crippen LogP contribution in [0.25, 0.3) is 0 Å². The van der Waals surface area contributed by atoms with Crippen molar-refractivity contribution in [2.75, 3.05) is 26.9 Å². The first-order valence-electron chi connectivity index (χ1n) is 4.65. The molecule has 0 aromatic heterocycles. The Morgan fingerprint density at radius 1 is 1.33 bits per heavy atom. The van der Waals surface area contributed by atoms with Crippen LogP contribution in [0, 0.1) is 0 Å². The molecule has 1 aliphatic rings. The minimum atomic E-state index is 0.0764. The predicted octanol–water partition coefficient (Wildman–Crippen LogP) is 1.57. The van der Waals surface area contributed by atoms with Gasteiger partial charge in [-0.1, -0.05) is 0 Å². The highest BCUT2D eigenvalue weighted by atomic mass is 16.7. The van der Waals surface area contributed by atoms with E-state index in [1.165, 1.54) is 0 Å². The first-order valence-corrected chi connectivity index (χ1v) is 4.65. The third kappa shape index (κ3) is 4.04. The second-order valence-electron chi connectivity index (χ2n) is 3.01. The molecular weight excluding hydrogens is 156 g/mol. The molecule has 0 amide bonds. The van der Waals surface area contributed by atoms with Crippen molar-refractivity contribution < 1.29 is 14.2 Å². The zero-order valence-electron chi connectivity index (χ0n) is 7.75. The maximum absolute atomic E-state index is 5.47. The summed E-state index contributed by atoms with van der Waals surface area (Å²) in [5.74, 6) is 0. The highest BCUT2D eigenvalue weighted by Gasteiger charge is 2.14. The van der Waals surface area contributed by atoms with Crippen molar-refractivity contribution in [1.29, 1.82) is 0 Å². The topological polar surface area (TPSA) is 27.7 Å². The van der Waals surface area contributed by atoms with Gasteiger partial charge < -0.3 is 14.2 Å². The largest absolute Gasteiger partial charge is 0.385 e. The Kier molecular flexibility index (Phi) is 5.32. The number of unbranched alkanes of at least 4 members (excludes halogenated alkanes) is 1. The van der Waals surface area contributed by atoms with E-state index in [4.69, 9.17) is 14.2 Å². The van der Waals surface area contributed by atoms with Gasteiger partial charge in [-0.2, -0.15) is 0 Å². The summed E-state index contributed by atoms with van der Waals surface area (Å²) in [6.07, 6.45) is 4.41. The molecule has 0 spiro atoms. The number of hydrogen-bond acceptors (Lipinski definition) is 3. The van der Waals surface area contributed by atoms with Crippen LogP contribution in [0.4, 0.5) is 0 Å². The SMILES string of the molecule is COCCCCOC1CCCO1. The first-order chi connectivity index (χ1) is 5.93. The molecule has 72 valence electrons. The van der Waals surface area contributed by atoms with Gasteiger partial charge in [0.1, 0.15) is 0 Å². The van der Waals surface area contributed by atoms with Gasteiger partial charge in [0.2, 0.25) is 0 Å². The van der Waals surface area contributed by atoms with E-state index in [1.54, 1.807) is 7.11 Å². The van der Waals surface area contributed by atoms with Crippen LogP contribution in [0.5, 0.6) is 0 Å². The fourth-order valence-electron chi connectivity index (χ4n) is 1.24. The summed E-state index contributed by atoms with van der Waals surface area (Å²) in [6, 6.07) is 0. The summed E-state index contributed by atoms with van der Waals surface area (Å²) >= 11 is 0. The molecule has 1 unspecified atom stereocenters. The molecule has 3 heteroatoms. The summed E-state index contributed by atoms with van der Waals surface area (Å²) in [4.78, 5) is 0. The van der Waals surface area contributed by atoms with Crippen LogP contribution in [-0.2, 0) is 14.2 Å². The van der Waals surface area contributed by atoms with E-state index in [1.807, 2.05) is 0 Å². The molecule has 1 fully saturated rings. The number of ether oxygens (including phenoxy) is 3. The van der Waals surface area contributed by atoms with E-state index in [0.29, 0.717) is 0 Å². The van der Waals surface area contributed by atoms with Gasteiger partial charge >= 0.3 is 0 Å². The molecule has 0 N–H and O–H groups in total. The molecule has 3 nitrogen and oxygen atoms in total. The Hall–Kier alpha value is -0.120. The quantitative estimate of drug-likeness (QED) is 0.572. The third-order valence-corrected chi connectivity index (χ3v) is 1.93. The number of rotatable bonds is 6. The van der Waals surface area contributed by atoms with Gasteiger partial charge in [0.05, 0.1) is 0 Å². The molecule has 0 aliphatic carbocycles. The van der Waals surface area contributed by atoms with Crippen LogP contribution in [0.2, 0.25) is 0 Å². The molecule has 0 bridgehead atoms. The molecule has 1 atom stereocenters. The number of hydrogen-bond donors (Lipinski definition) is 0. The van der Waals surface area contributed by atoms with E-state index in [0.717, 1.165) is 45.5 Å². The van der Waals surface area contributed by atoms with Gasteiger partial charge in [-0.15, -0.1) is 0 Å². The fourth-order valence-corrected chi connectivity index (χ4v) is 1.24. The molecule has 0 aromatic carbocycles. The Balaban J connectivity index is 1.81. The highest BCUT2D eigenvalue weighted by Crippen LogP contribution is 2.13. The lowest BCUT2D eigenvalue weighted by molar-refractivity contribution is -0.112. The zero-order chi connectivity index (χ0) is 8.65. The lowest BCUT2D eigenvalue weighted by atomic mass is 10.3. The fraction of sp³-hybridized carbons (Fsp3) is 1.00. The van der Waals surface area contributed by atoms with E-state index in [-0.39, 0.29) is 6.29 Å². The van der Waals surface area contributed by atoms with Crippen molar-refractivity contribution in [2.24, 2.45) is 0 Å². The van der Waals surface area contributed by atoms with Crippen molar-refractivity contribution in [3.8, 4) is 0 Å². The Morgan fingerprint density at radius 2 is 2.17 bits per heavy atom. The van der Waals surface area contributed by atoms with Crippen LogP contribution < -0.4 is 0 Å². The Bertz CT molecular complexity index is 99.9. The van der Waals surface area contributed by atoms with E-state index in [2.05, 4.69) is 0 Å². The van der Waals surface area contributed by atoms with Crippen LogP contribution in [0.15, 0.2) is 0 Å². The maximum atomic E-state index is 5.47. The third-order valence-electron chi connectivity index (χ3n) is 1.93. The smallest absolute Gasteiger partial charge is 0.157 e. The predicted molar refractivity (Wildman–Crippen MR) is 46.0 cm³/mol. The Morgan fingerprint density at radius 3 is 2.83 bits per heavy atom. The molecule has 1 aliphatic heterocycles. The highest BCUT2D eigenvalue weighted by molar-refractivity contribution is 4.54. The normalized spacial score (nSPS) is 23.2. The molecule has 12 heavy (non-hydrogen) atoms. The van der Waals surface area contributed by atoms with Crippen LogP contribution in [0.3, 0.4) is 0 Å². The van der Waals surface area contributed by atoms with E-state index >= 15 is 0 Å². The monoisotopic (exact) mass is 174 g/mol. The summed E-state index contributed by atoms with van der Waals surface area (Å²) in [6.45, 7) is 2.49. The summed E-state index contributed by atoms with van der Waals surface area (Å²) in [5.41, 5.74) is 0. The molecular formula is C9H18O3. The van der Waals surface area contributed by atoms with Crippen molar-refractivity contribution in [2.45, 2.75) is 32.0 Å². The van der Waals surface area contributed by atoms with Crippen LogP contribution in [-0.4, -0.2) is 33.2 Å². The summed E-state index contributed by atoms with van der Waals surface area (Å²) in [5, 5.41) is 0. The van der Waals surface area contributed by atoms with Crippen LogP contribution >= 0.6 is 0 Å². The van der Waals surface area contributed by atoms with Crippen molar-refractivity contribution in [3.05, 3.63) is 0 Å². The zero-order valence-corrected chi connectivity index (χ0v) is 7.75. The molecule has 1 saturated heterocycles. The van der Waals surface area contributed by atoms with Gasteiger partial charge in [-0.3, -0.25) is 0 Å². The summed E-state index contributed by atoms with van der Waals surface area (Å²) < 4.78 is 15.7. The van der Waals surface area contributed by atoms with Gasteiger partial charge in [-0.25, -0.2) is 0 Å². The second kappa shape index (κ2) is 6.40.